The fourth-order valence-corrected chi connectivity index (χ4v) is 3.21. The highest BCUT2D eigenvalue weighted by Crippen LogP contribution is 2.38. The van der Waals surface area contributed by atoms with Crippen LogP contribution < -0.4 is 0 Å². The Morgan fingerprint density at radius 1 is 1.00 bits per heavy atom. The summed E-state index contributed by atoms with van der Waals surface area (Å²) in [5.74, 6) is 3.95. The quantitative estimate of drug-likeness (QED) is 0.523. The summed E-state index contributed by atoms with van der Waals surface area (Å²) in [6.07, 6.45) is 11.9. The van der Waals surface area contributed by atoms with E-state index in [1.807, 2.05) is 0 Å². The molecule has 96 valence electrons. The molecule has 0 radical (unpaired) electrons. The third-order valence-corrected chi connectivity index (χ3v) is 4.58. The van der Waals surface area contributed by atoms with E-state index in [1.165, 1.54) is 51.4 Å². The summed E-state index contributed by atoms with van der Waals surface area (Å²) >= 11 is 0. The van der Waals surface area contributed by atoms with E-state index in [9.17, 15) is 0 Å². The zero-order valence-electron chi connectivity index (χ0n) is 12.0. The molecule has 0 spiro atoms. The zero-order chi connectivity index (χ0) is 12.0. The summed E-state index contributed by atoms with van der Waals surface area (Å²) < 4.78 is 0. The van der Waals surface area contributed by atoms with Crippen molar-refractivity contribution in [3.63, 3.8) is 0 Å². The van der Waals surface area contributed by atoms with Crippen molar-refractivity contribution in [2.24, 2.45) is 23.7 Å². The van der Waals surface area contributed by atoms with Crippen LogP contribution in [0.3, 0.4) is 0 Å². The van der Waals surface area contributed by atoms with E-state index in [0.717, 1.165) is 23.7 Å². The van der Waals surface area contributed by atoms with Crippen molar-refractivity contribution in [2.75, 3.05) is 0 Å². The molecule has 0 bridgehead atoms. The molecule has 0 heteroatoms. The van der Waals surface area contributed by atoms with Gasteiger partial charge in [-0.2, -0.15) is 0 Å². The number of hydrogen-bond donors (Lipinski definition) is 0. The van der Waals surface area contributed by atoms with Gasteiger partial charge >= 0.3 is 0 Å². The van der Waals surface area contributed by atoms with Crippen LogP contribution in [0.25, 0.3) is 0 Å². The fraction of sp³-hybridized carbons (Fsp3) is 1.00. The predicted molar refractivity (Wildman–Crippen MR) is 73.6 cm³/mol. The molecule has 1 aliphatic rings. The highest BCUT2D eigenvalue weighted by atomic mass is 14.3. The van der Waals surface area contributed by atoms with E-state index < -0.39 is 0 Å². The smallest absolute Gasteiger partial charge is 0.0383 e. The van der Waals surface area contributed by atoms with Gasteiger partial charge in [0.25, 0.3) is 0 Å². The molecule has 1 fully saturated rings. The molecule has 0 aromatic carbocycles. The first-order valence-corrected chi connectivity index (χ1v) is 7.63. The Morgan fingerprint density at radius 2 is 1.62 bits per heavy atom. The molecule has 0 nitrogen and oxygen atoms in total. The summed E-state index contributed by atoms with van der Waals surface area (Å²) in [6.45, 7) is 9.53. The highest BCUT2D eigenvalue weighted by molar-refractivity contribution is 4.77. The molecule has 1 saturated carbocycles. The lowest BCUT2D eigenvalue weighted by atomic mass is 9.79. The van der Waals surface area contributed by atoms with Crippen LogP contribution in [0, 0.1) is 23.7 Å². The molecule has 1 rings (SSSR count). The van der Waals surface area contributed by atoms with Crippen molar-refractivity contribution in [1.29, 1.82) is 0 Å². The Balaban J connectivity index is 2.40. The number of rotatable bonds is 7. The summed E-state index contributed by atoms with van der Waals surface area (Å²) in [4.78, 5) is 0. The number of hydrogen-bond acceptors (Lipinski definition) is 0. The summed E-state index contributed by atoms with van der Waals surface area (Å²) in [5, 5.41) is 0. The van der Waals surface area contributed by atoms with Gasteiger partial charge in [-0.25, -0.2) is 0 Å². The molecule has 2 unspecified atom stereocenters. The largest absolute Gasteiger partial charge is 0.0651 e. The highest BCUT2D eigenvalue weighted by Gasteiger charge is 2.25. The molecule has 0 aromatic rings. The second kappa shape index (κ2) is 7.35. The van der Waals surface area contributed by atoms with Gasteiger partial charge in [0.2, 0.25) is 0 Å². The van der Waals surface area contributed by atoms with E-state index in [2.05, 4.69) is 27.7 Å². The second-order valence-electron chi connectivity index (χ2n) is 6.52. The molecular weight excluding hydrogens is 192 g/mol. The Bertz CT molecular complexity index is 165. The van der Waals surface area contributed by atoms with Gasteiger partial charge in [0.1, 0.15) is 0 Å². The average molecular weight is 224 g/mol. The molecule has 0 heterocycles. The first kappa shape index (κ1) is 14.1. The third-order valence-electron chi connectivity index (χ3n) is 4.58. The normalized spacial score (nSPS) is 21.6. The third kappa shape index (κ3) is 4.89. The molecule has 16 heavy (non-hydrogen) atoms. The van der Waals surface area contributed by atoms with Crippen LogP contribution in [-0.2, 0) is 0 Å². The molecule has 0 aliphatic heterocycles. The Labute approximate surface area is 103 Å². The van der Waals surface area contributed by atoms with E-state index in [-0.39, 0.29) is 0 Å². The van der Waals surface area contributed by atoms with Crippen molar-refractivity contribution in [3.05, 3.63) is 0 Å². The lowest BCUT2D eigenvalue weighted by Crippen LogP contribution is -2.16. The van der Waals surface area contributed by atoms with Crippen LogP contribution in [0.1, 0.15) is 79.1 Å². The Kier molecular flexibility index (Phi) is 6.46. The van der Waals surface area contributed by atoms with Crippen LogP contribution in [0.4, 0.5) is 0 Å². The minimum atomic E-state index is 0.890. The van der Waals surface area contributed by atoms with Crippen molar-refractivity contribution in [1.82, 2.24) is 0 Å². The maximum Gasteiger partial charge on any atom is -0.0383 e. The van der Waals surface area contributed by atoms with Gasteiger partial charge < -0.3 is 0 Å². The fourth-order valence-electron chi connectivity index (χ4n) is 3.21. The van der Waals surface area contributed by atoms with Crippen LogP contribution >= 0.6 is 0 Å². The van der Waals surface area contributed by atoms with Crippen LogP contribution in [0.15, 0.2) is 0 Å². The lowest BCUT2D eigenvalue weighted by molar-refractivity contribution is 0.245. The van der Waals surface area contributed by atoms with E-state index >= 15 is 0 Å². The maximum atomic E-state index is 2.44. The zero-order valence-corrected chi connectivity index (χ0v) is 12.0. The minimum absolute atomic E-state index is 0.890. The van der Waals surface area contributed by atoms with Gasteiger partial charge in [0.15, 0.2) is 0 Å². The van der Waals surface area contributed by atoms with Gasteiger partial charge in [-0.15, -0.1) is 0 Å². The second-order valence-corrected chi connectivity index (χ2v) is 6.52. The lowest BCUT2D eigenvalue weighted by Gasteiger charge is -2.26. The van der Waals surface area contributed by atoms with Crippen LogP contribution in [0.2, 0.25) is 0 Å². The first-order valence-electron chi connectivity index (χ1n) is 7.63. The van der Waals surface area contributed by atoms with Gasteiger partial charge in [0, 0.05) is 0 Å². The van der Waals surface area contributed by atoms with E-state index in [1.54, 1.807) is 0 Å². The van der Waals surface area contributed by atoms with Crippen molar-refractivity contribution in [2.45, 2.75) is 79.1 Å². The Morgan fingerprint density at radius 3 is 2.12 bits per heavy atom. The molecule has 2 atom stereocenters. The van der Waals surface area contributed by atoms with Crippen LogP contribution in [-0.4, -0.2) is 0 Å². The molecule has 0 saturated heterocycles. The Hall–Kier alpha value is 0. The first-order chi connectivity index (χ1) is 7.63. The maximum absolute atomic E-state index is 2.44. The predicted octanol–water partition coefficient (Wildman–Crippen LogP) is 5.67. The molecule has 0 aromatic heterocycles. The van der Waals surface area contributed by atoms with Crippen molar-refractivity contribution in [3.8, 4) is 0 Å². The van der Waals surface area contributed by atoms with Gasteiger partial charge in [0.05, 0.1) is 0 Å². The summed E-state index contributed by atoms with van der Waals surface area (Å²) in [7, 11) is 0. The molecule has 0 N–H and O–H groups in total. The van der Waals surface area contributed by atoms with Gasteiger partial charge in [-0.05, 0) is 36.5 Å². The molecule has 0 amide bonds. The topological polar surface area (TPSA) is 0 Å². The van der Waals surface area contributed by atoms with Crippen LogP contribution in [0.5, 0.6) is 0 Å². The SMILES string of the molecule is CCC(C)CC(CCC(C)C)C1CCCC1. The standard InChI is InChI=1S/C16H32/c1-5-14(4)12-16(11-10-13(2)3)15-8-6-7-9-15/h13-16H,5-12H2,1-4H3. The van der Waals surface area contributed by atoms with Crippen molar-refractivity contribution < 1.29 is 0 Å². The van der Waals surface area contributed by atoms with E-state index in [0.29, 0.717) is 0 Å². The monoisotopic (exact) mass is 224 g/mol. The summed E-state index contributed by atoms with van der Waals surface area (Å²) in [6, 6.07) is 0. The molecular formula is C16H32. The molecule has 1 aliphatic carbocycles. The van der Waals surface area contributed by atoms with Gasteiger partial charge in [-0.3, -0.25) is 0 Å². The minimum Gasteiger partial charge on any atom is -0.0651 e. The summed E-state index contributed by atoms with van der Waals surface area (Å²) in [5.41, 5.74) is 0. The van der Waals surface area contributed by atoms with Gasteiger partial charge in [-0.1, -0.05) is 66.2 Å². The average Bonchev–Trinajstić information content (AvgIpc) is 2.76. The van der Waals surface area contributed by atoms with Crippen molar-refractivity contribution >= 4 is 0 Å². The van der Waals surface area contributed by atoms with E-state index in [4.69, 9.17) is 0 Å².